The Morgan fingerprint density at radius 3 is 3.04 bits per heavy atom. The van der Waals surface area contributed by atoms with E-state index in [0.29, 0.717) is 18.8 Å². The number of piperidine rings is 1. The van der Waals surface area contributed by atoms with Crippen LogP contribution in [0.3, 0.4) is 0 Å². The highest BCUT2D eigenvalue weighted by molar-refractivity contribution is 6.32. The molecule has 1 aliphatic rings. The number of halogens is 2. The summed E-state index contributed by atoms with van der Waals surface area (Å²) < 4.78 is 20.5. The second kappa shape index (κ2) is 7.52. The minimum Gasteiger partial charge on any atom is -0.482 e. The zero-order valence-electron chi connectivity index (χ0n) is 14.5. The minimum absolute atomic E-state index is 0.120. The fraction of sp³-hybridized carbons (Fsp3) is 0.316. The molecule has 1 aliphatic heterocycles. The molecule has 0 radical (unpaired) electrons. The van der Waals surface area contributed by atoms with Crippen LogP contribution in [0.1, 0.15) is 24.6 Å². The van der Waals surface area contributed by atoms with E-state index in [0.717, 1.165) is 30.4 Å². The molecule has 8 heteroatoms. The predicted molar refractivity (Wildman–Crippen MR) is 98.4 cm³/mol. The fourth-order valence-electron chi connectivity index (χ4n) is 3.38. The van der Waals surface area contributed by atoms with Crippen molar-refractivity contribution in [2.75, 3.05) is 19.7 Å². The Bertz CT molecular complexity index is 977. The van der Waals surface area contributed by atoms with Crippen molar-refractivity contribution in [3.63, 3.8) is 0 Å². The second-order valence-electron chi connectivity index (χ2n) is 6.53. The number of aromatic nitrogens is 3. The van der Waals surface area contributed by atoms with Gasteiger partial charge in [0.1, 0.15) is 17.4 Å². The molecule has 0 bridgehead atoms. The average molecular weight is 389 g/mol. The molecule has 0 unspecified atom stereocenters. The summed E-state index contributed by atoms with van der Waals surface area (Å²) in [5.74, 6) is 0.704. The van der Waals surface area contributed by atoms with Gasteiger partial charge >= 0.3 is 0 Å². The summed E-state index contributed by atoms with van der Waals surface area (Å²) in [6.45, 7) is 1.10. The third-order valence-corrected chi connectivity index (χ3v) is 5.02. The molecule has 2 aromatic heterocycles. The maximum Gasteiger partial charge on any atom is 0.260 e. The Hall–Kier alpha value is -2.67. The van der Waals surface area contributed by atoms with Crippen molar-refractivity contribution in [2.24, 2.45) is 0 Å². The van der Waals surface area contributed by atoms with Crippen molar-refractivity contribution < 1.29 is 13.9 Å². The van der Waals surface area contributed by atoms with Crippen LogP contribution in [0.5, 0.6) is 5.75 Å². The molecule has 1 amide bonds. The largest absolute Gasteiger partial charge is 0.482 e. The number of hydrogen-bond acceptors (Lipinski definition) is 4. The van der Waals surface area contributed by atoms with Gasteiger partial charge in [0.2, 0.25) is 0 Å². The van der Waals surface area contributed by atoms with Gasteiger partial charge in [-0.25, -0.2) is 4.39 Å². The van der Waals surface area contributed by atoms with E-state index >= 15 is 0 Å². The highest BCUT2D eigenvalue weighted by atomic mass is 35.5. The fourth-order valence-corrected chi connectivity index (χ4v) is 3.60. The summed E-state index contributed by atoms with van der Waals surface area (Å²) in [4.78, 5) is 14.3. The first-order valence-corrected chi connectivity index (χ1v) is 9.15. The number of carbonyl (C=O) groups is 1. The molecule has 0 aliphatic carbocycles. The predicted octanol–water partition coefficient (Wildman–Crippen LogP) is 3.31. The molecule has 1 atom stereocenters. The van der Waals surface area contributed by atoms with E-state index in [1.54, 1.807) is 4.90 Å². The SMILES string of the molecule is O=C(COc1ccc(F)cc1Cl)N1CCC[C@@H](c2nnc3ccccn23)C1. The van der Waals surface area contributed by atoms with Gasteiger partial charge in [-0.3, -0.25) is 9.20 Å². The lowest BCUT2D eigenvalue weighted by Gasteiger charge is -2.32. The zero-order chi connectivity index (χ0) is 18.8. The van der Waals surface area contributed by atoms with Crippen molar-refractivity contribution in [3.8, 4) is 5.75 Å². The van der Waals surface area contributed by atoms with Crippen molar-refractivity contribution in [1.29, 1.82) is 0 Å². The molecule has 1 aromatic carbocycles. The normalized spacial score (nSPS) is 17.3. The molecule has 140 valence electrons. The summed E-state index contributed by atoms with van der Waals surface area (Å²) >= 11 is 5.94. The van der Waals surface area contributed by atoms with Gasteiger partial charge in [-0.1, -0.05) is 17.7 Å². The zero-order valence-corrected chi connectivity index (χ0v) is 15.3. The van der Waals surface area contributed by atoms with Crippen LogP contribution in [0.15, 0.2) is 42.6 Å². The molecule has 3 heterocycles. The molecule has 0 N–H and O–H groups in total. The van der Waals surface area contributed by atoms with Crippen molar-refractivity contribution in [2.45, 2.75) is 18.8 Å². The summed E-state index contributed by atoms with van der Waals surface area (Å²) in [7, 11) is 0. The molecular formula is C19H18ClFN4O2. The Kier molecular flexibility index (Phi) is 4.94. The molecule has 0 saturated carbocycles. The lowest BCUT2D eigenvalue weighted by atomic mass is 9.97. The first-order valence-electron chi connectivity index (χ1n) is 8.77. The van der Waals surface area contributed by atoms with Crippen LogP contribution in [0.25, 0.3) is 5.65 Å². The van der Waals surface area contributed by atoms with E-state index in [4.69, 9.17) is 16.3 Å². The number of benzene rings is 1. The van der Waals surface area contributed by atoms with Gasteiger partial charge in [-0.15, -0.1) is 10.2 Å². The van der Waals surface area contributed by atoms with Crippen LogP contribution >= 0.6 is 11.6 Å². The number of amides is 1. The van der Waals surface area contributed by atoms with E-state index in [9.17, 15) is 9.18 Å². The number of pyridine rings is 1. The molecule has 4 rings (SSSR count). The Morgan fingerprint density at radius 1 is 1.30 bits per heavy atom. The third-order valence-electron chi connectivity index (χ3n) is 4.72. The molecule has 27 heavy (non-hydrogen) atoms. The van der Waals surface area contributed by atoms with Gasteiger partial charge in [0.25, 0.3) is 5.91 Å². The molecule has 0 spiro atoms. The van der Waals surface area contributed by atoms with Gasteiger partial charge in [0.15, 0.2) is 12.3 Å². The van der Waals surface area contributed by atoms with Gasteiger partial charge in [-0.2, -0.15) is 0 Å². The summed E-state index contributed by atoms with van der Waals surface area (Å²) in [6, 6.07) is 9.59. The molecule has 6 nitrogen and oxygen atoms in total. The smallest absolute Gasteiger partial charge is 0.260 e. The monoisotopic (exact) mass is 388 g/mol. The van der Waals surface area contributed by atoms with Crippen LogP contribution in [-0.4, -0.2) is 45.1 Å². The van der Waals surface area contributed by atoms with E-state index < -0.39 is 5.82 Å². The standard InChI is InChI=1S/C19H18ClFN4O2/c20-15-10-14(21)6-7-16(15)27-12-18(26)24-8-3-4-13(11-24)19-23-22-17-5-1-2-9-25(17)19/h1-2,5-7,9-10,13H,3-4,8,11-12H2/t13-/m1/s1. The number of fused-ring (bicyclic) bond motifs is 1. The number of carbonyl (C=O) groups excluding carboxylic acids is 1. The van der Waals surface area contributed by atoms with Gasteiger partial charge in [-0.05, 0) is 43.2 Å². The first kappa shape index (κ1) is 17.7. The molecule has 1 saturated heterocycles. The average Bonchev–Trinajstić information content (AvgIpc) is 3.11. The van der Waals surface area contributed by atoms with Gasteiger partial charge in [0.05, 0.1) is 5.02 Å². The van der Waals surface area contributed by atoms with Crippen molar-refractivity contribution >= 4 is 23.2 Å². The number of ether oxygens (including phenoxy) is 1. The van der Waals surface area contributed by atoms with Gasteiger partial charge in [0, 0.05) is 25.2 Å². The van der Waals surface area contributed by atoms with Crippen LogP contribution in [-0.2, 0) is 4.79 Å². The van der Waals surface area contributed by atoms with E-state index in [2.05, 4.69) is 10.2 Å². The van der Waals surface area contributed by atoms with Crippen LogP contribution in [0, 0.1) is 5.82 Å². The van der Waals surface area contributed by atoms with E-state index in [1.165, 1.54) is 12.1 Å². The number of likely N-dealkylation sites (tertiary alicyclic amines) is 1. The Balaban J connectivity index is 1.42. The van der Waals surface area contributed by atoms with Crippen molar-refractivity contribution in [3.05, 3.63) is 59.3 Å². The topological polar surface area (TPSA) is 59.7 Å². The number of rotatable bonds is 4. The lowest BCUT2D eigenvalue weighted by Crippen LogP contribution is -2.42. The van der Waals surface area contributed by atoms with E-state index in [-0.39, 0.29) is 23.5 Å². The maximum atomic E-state index is 13.1. The molecule has 1 fully saturated rings. The van der Waals surface area contributed by atoms with Crippen molar-refractivity contribution in [1.82, 2.24) is 19.5 Å². The Labute approximate surface area is 160 Å². The van der Waals surface area contributed by atoms with Crippen LogP contribution < -0.4 is 4.74 Å². The quantitative estimate of drug-likeness (QED) is 0.688. The Morgan fingerprint density at radius 2 is 2.19 bits per heavy atom. The third kappa shape index (κ3) is 3.73. The lowest BCUT2D eigenvalue weighted by molar-refractivity contribution is -0.134. The second-order valence-corrected chi connectivity index (χ2v) is 6.94. The molecule has 3 aromatic rings. The minimum atomic E-state index is -0.446. The summed E-state index contributed by atoms with van der Waals surface area (Å²) in [6.07, 6.45) is 3.77. The highest BCUT2D eigenvalue weighted by Gasteiger charge is 2.28. The number of hydrogen-bond donors (Lipinski definition) is 0. The van der Waals surface area contributed by atoms with Crippen LogP contribution in [0.4, 0.5) is 4.39 Å². The first-order chi connectivity index (χ1) is 13.1. The highest BCUT2D eigenvalue weighted by Crippen LogP contribution is 2.27. The van der Waals surface area contributed by atoms with E-state index in [1.807, 2.05) is 28.8 Å². The maximum absolute atomic E-state index is 13.1. The molecular weight excluding hydrogens is 371 g/mol. The summed E-state index contributed by atoms with van der Waals surface area (Å²) in [5, 5.41) is 8.66. The van der Waals surface area contributed by atoms with Crippen LogP contribution in [0.2, 0.25) is 5.02 Å². The number of nitrogens with zero attached hydrogens (tertiary/aromatic N) is 4. The summed E-state index contributed by atoms with van der Waals surface area (Å²) in [5.41, 5.74) is 0.797. The van der Waals surface area contributed by atoms with Gasteiger partial charge < -0.3 is 9.64 Å².